The van der Waals surface area contributed by atoms with Crippen molar-refractivity contribution in [2.45, 2.75) is 122 Å². The number of unbranched alkanes of at least 4 members (excludes halogenated alkanes) is 11. The molecule has 3 nitrogen and oxygen atoms in total. The summed E-state index contributed by atoms with van der Waals surface area (Å²) in [4.78, 5) is 12.4. The molecule has 0 saturated carbocycles. The van der Waals surface area contributed by atoms with E-state index in [0.717, 1.165) is 23.2 Å². The molecule has 0 saturated heterocycles. The van der Waals surface area contributed by atoms with Crippen LogP contribution in [0.4, 0.5) is 0 Å². The van der Waals surface area contributed by atoms with Gasteiger partial charge in [0, 0.05) is 0 Å². The van der Waals surface area contributed by atoms with Crippen molar-refractivity contribution in [3.8, 4) is 0 Å². The van der Waals surface area contributed by atoms with Gasteiger partial charge in [0.1, 0.15) is 6.10 Å². The van der Waals surface area contributed by atoms with Gasteiger partial charge in [-0.3, -0.25) is 0 Å². The van der Waals surface area contributed by atoms with Crippen molar-refractivity contribution in [1.82, 2.24) is 0 Å². The molecule has 0 aliphatic rings. The number of carboxylic acid groups (broad SMARTS) is 1. The Labute approximate surface area is 221 Å². The average Bonchev–Trinajstić information content (AvgIpc) is 2.86. The van der Waals surface area contributed by atoms with E-state index in [1.165, 1.54) is 64.2 Å². The molecule has 0 aliphatic carbocycles. The zero-order valence-electron chi connectivity index (χ0n) is 23.3. The smallest absolute Gasteiger partial charge is 0.331 e. The maximum Gasteiger partial charge on any atom is 0.331 e. The zero-order valence-corrected chi connectivity index (χ0v) is 24.3. The molecule has 0 aromatic heterocycles. The maximum atomic E-state index is 12.4. The molecule has 0 fully saturated rings. The highest BCUT2D eigenvalue weighted by Crippen LogP contribution is 2.38. The van der Waals surface area contributed by atoms with Crippen molar-refractivity contribution in [1.29, 1.82) is 0 Å². The summed E-state index contributed by atoms with van der Waals surface area (Å²) in [5, 5.41) is 12.2. The first-order chi connectivity index (χ1) is 17.3. The summed E-state index contributed by atoms with van der Waals surface area (Å²) in [6.45, 7) is 8.85. The molecule has 0 unspecified atom stereocenters. The summed E-state index contributed by atoms with van der Waals surface area (Å²) in [7, 11) is -2.86. The van der Waals surface area contributed by atoms with Crippen molar-refractivity contribution in [3.05, 3.63) is 60.7 Å². The Kier molecular flexibility index (Phi) is 13.5. The van der Waals surface area contributed by atoms with Crippen LogP contribution >= 0.6 is 0 Å². The quantitative estimate of drug-likeness (QED) is 0.163. The third-order valence-corrected chi connectivity index (χ3v) is 12.4. The molecule has 200 valence electrons. The Hall–Kier alpha value is -1.91. The van der Waals surface area contributed by atoms with Crippen LogP contribution in [-0.4, -0.2) is 25.5 Å². The third-order valence-electron chi connectivity index (χ3n) is 7.33. The van der Waals surface area contributed by atoms with Gasteiger partial charge in [-0.05, 0) is 21.8 Å². The Balaban J connectivity index is 1.97. The highest BCUT2D eigenvalue weighted by molar-refractivity contribution is 6.99. The second kappa shape index (κ2) is 16.0. The van der Waals surface area contributed by atoms with Crippen LogP contribution in [0.25, 0.3) is 0 Å². The van der Waals surface area contributed by atoms with Gasteiger partial charge in [0.2, 0.25) is 0 Å². The molecule has 2 rings (SSSR count). The van der Waals surface area contributed by atoms with Gasteiger partial charge in [0.05, 0.1) is 0 Å². The van der Waals surface area contributed by atoms with E-state index in [4.69, 9.17) is 4.43 Å². The number of hydrogen-bond donors (Lipinski definition) is 1. The van der Waals surface area contributed by atoms with E-state index < -0.39 is 20.4 Å². The average molecular weight is 511 g/mol. The number of carbonyl (C=O) groups is 1. The van der Waals surface area contributed by atoms with Gasteiger partial charge in [-0.25, -0.2) is 4.79 Å². The summed E-state index contributed by atoms with van der Waals surface area (Å²) in [6.07, 6.45) is 15.0. The van der Waals surface area contributed by atoms with Crippen molar-refractivity contribution < 1.29 is 14.3 Å². The summed E-state index contributed by atoms with van der Waals surface area (Å²) < 4.78 is 6.88. The topological polar surface area (TPSA) is 46.5 Å². The number of rotatable bonds is 18. The first-order valence-corrected chi connectivity index (χ1v) is 16.3. The fourth-order valence-electron chi connectivity index (χ4n) is 5.31. The van der Waals surface area contributed by atoms with Crippen molar-refractivity contribution >= 4 is 24.7 Å². The van der Waals surface area contributed by atoms with E-state index in [2.05, 4.69) is 52.0 Å². The third kappa shape index (κ3) is 9.19. The van der Waals surface area contributed by atoms with Crippen LogP contribution < -0.4 is 10.4 Å². The molecule has 1 N–H and O–H groups in total. The lowest BCUT2D eigenvalue weighted by Crippen LogP contribution is -2.68. The summed E-state index contributed by atoms with van der Waals surface area (Å²) in [5.74, 6) is -0.842. The van der Waals surface area contributed by atoms with Crippen LogP contribution in [0.15, 0.2) is 60.7 Å². The van der Waals surface area contributed by atoms with Gasteiger partial charge in [-0.15, -0.1) is 0 Å². The van der Waals surface area contributed by atoms with Crippen molar-refractivity contribution in [3.63, 3.8) is 0 Å². The van der Waals surface area contributed by atoms with E-state index in [9.17, 15) is 9.90 Å². The molecular formula is C32H50O3Si. The van der Waals surface area contributed by atoms with Crippen molar-refractivity contribution in [2.75, 3.05) is 0 Å². The Morgan fingerprint density at radius 3 is 1.47 bits per heavy atom. The highest BCUT2D eigenvalue weighted by Gasteiger charge is 2.52. The monoisotopic (exact) mass is 510 g/mol. The van der Waals surface area contributed by atoms with Crippen LogP contribution in [0.3, 0.4) is 0 Å². The molecular weight excluding hydrogens is 460 g/mol. The molecule has 0 heterocycles. The summed E-state index contributed by atoms with van der Waals surface area (Å²) in [5.41, 5.74) is 0. The van der Waals surface area contributed by atoms with Crippen LogP contribution in [0.2, 0.25) is 5.04 Å². The van der Waals surface area contributed by atoms with E-state index in [1.807, 2.05) is 36.4 Å². The molecule has 2 aromatic carbocycles. The molecule has 0 spiro atoms. The minimum atomic E-state index is -2.86. The Bertz CT molecular complexity index is 805. The minimum absolute atomic E-state index is 0.222. The fourth-order valence-corrected chi connectivity index (χ4v) is 9.97. The summed E-state index contributed by atoms with van der Waals surface area (Å²) in [6, 6.07) is 20.6. The van der Waals surface area contributed by atoms with Crippen LogP contribution in [0.1, 0.15) is 111 Å². The van der Waals surface area contributed by atoms with E-state index >= 15 is 0 Å². The minimum Gasteiger partial charge on any atom is -0.479 e. The number of aliphatic carboxylic acids is 1. The fraction of sp³-hybridized carbons (Fsp3) is 0.594. The second-order valence-corrected chi connectivity index (χ2v) is 15.5. The van der Waals surface area contributed by atoms with Gasteiger partial charge in [0.25, 0.3) is 8.32 Å². The largest absolute Gasteiger partial charge is 0.479 e. The van der Waals surface area contributed by atoms with Crippen molar-refractivity contribution in [2.24, 2.45) is 0 Å². The van der Waals surface area contributed by atoms with Gasteiger partial charge < -0.3 is 9.53 Å². The van der Waals surface area contributed by atoms with E-state index in [1.54, 1.807) is 0 Å². The Morgan fingerprint density at radius 1 is 0.722 bits per heavy atom. The molecule has 0 radical (unpaired) electrons. The molecule has 1 atom stereocenters. The van der Waals surface area contributed by atoms with Gasteiger partial charge in [0.15, 0.2) is 0 Å². The van der Waals surface area contributed by atoms with Gasteiger partial charge >= 0.3 is 5.97 Å². The van der Waals surface area contributed by atoms with Crippen LogP contribution in [0.5, 0.6) is 0 Å². The van der Waals surface area contributed by atoms with E-state index in [0.29, 0.717) is 6.42 Å². The molecule has 2 aromatic rings. The predicted octanol–water partition coefficient (Wildman–Crippen LogP) is 8.11. The SMILES string of the molecule is CCCCCCCCCCCCCC[C@H](O[Si](c1ccccc1)(c1ccccc1)C(C)(C)C)C(=O)O. The van der Waals surface area contributed by atoms with E-state index in [-0.39, 0.29) is 5.04 Å². The lowest BCUT2D eigenvalue weighted by molar-refractivity contribution is -0.145. The van der Waals surface area contributed by atoms with Crippen LogP contribution in [0, 0.1) is 0 Å². The van der Waals surface area contributed by atoms with Gasteiger partial charge in [-0.2, -0.15) is 0 Å². The molecule has 0 amide bonds. The second-order valence-electron chi connectivity index (χ2n) is 11.3. The number of carboxylic acids is 1. The molecule has 4 heteroatoms. The normalized spacial score (nSPS) is 13.0. The first kappa shape index (κ1) is 30.3. The standard InChI is InChI=1S/C32H50O3Si/c1-5-6-7-8-9-10-11-12-13-14-15-22-27-30(31(33)34)35-36(32(2,3)4,28-23-18-16-19-24-28)29-25-20-17-21-26-29/h16-21,23-26,30H,5-15,22,27H2,1-4H3,(H,33,34)/t30-/m0/s1. The first-order valence-electron chi connectivity index (χ1n) is 14.3. The lowest BCUT2D eigenvalue weighted by Gasteiger charge is -2.44. The van der Waals surface area contributed by atoms with Crippen LogP contribution in [-0.2, 0) is 9.22 Å². The maximum absolute atomic E-state index is 12.4. The molecule has 0 bridgehead atoms. The number of benzene rings is 2. The Morgan fingerprint density at radius 2 is 1.11 bits per heavy atom. The predicted molar refractivity (Wildman–Crippen MR) is 156 cm³/mol. The molecule has 36 heavy (non-hydrogen) atoms. The molecule has 0 aliphatic heterocycles. The summed E-state index contributed by atoms with van der Waals surface area (Å²) >= 11 is 0. The number of hydrogen-bond acceptors (Lipinski definition) is 2. The van der Waals surface area contributed by atoms with Gasteiger partial charge in [-0.1, -0.05) is 165 Å². The highest BCUT2D eigenvalue weighted by atomic mass is 28.4. The zero-order chi connectivity index (χ0) is 26.3. The lowest BCUT2D eigenvalue weighted by atomic mass is 10.0.